The van der Waals surface area contributed by atoms with Gasteiger partial charge in [-0.25, -0.2) is 4.79 Å². The van der Waals surface area contributed by atoms with E-state index in [4.69, 9.17) is 5.11 Å². The van der Waals surface area contributed by atoms with Gasteiger partial charge in [0.15, 0.2) is 0 Å². The molecule has 0 rings (SSSR count). The van der Waals surface area contributed by atoms with E-state index in [0.717, 1.165) is 20.8 Å². The molecule has 1 unspecified atom stereocenters. The lowest BCUT2D eigenvalue weighted by Crippen LogP contribution is -2.62. The monoisotopic (exact) mass is 206 g/mol. The number of nitrogens with zero attached hydrogens (tertiary/aromatic N) is 2. The Kier molecular flexibility index (Phi) is 2.81. The van der Waals surface area contributed by atoms with Crippen LogP contribution in [0.5, 0.6) is 0 Å². The Morgan fingerprint density at radius 3 is 1.57 bits per heavy atom. The van der Waals surface area contributed by atoms with Crippen LogP contribution in [0.15, 0.2) is 0 Å². The van der Waals surface area contributed by atoms with Crippen molar-refractivity contribution in [2.75, 3.05) is 0 Å². The van der Waals surface area contributed by atoms with E-state index >= 15 is 0 Å². The van der Waals surface area contributed by atoms with Gasteiger partial charge in [-0.1, -0.05) is 0 Å². The Morgan fingerprint density at radius 1 is 1.14 bits per heavy atom. The average molecular weight is 206 g/mol. The summed E-state index contributed by atoms with van der Waals surface area (Å²) in [5, 5.41) is 29.7. The lowest BCUT2D eigenvalue weighted by Gasteiger charge is -2.25. The van der Waals surface area contributed by atoms with Crippen molar-refractivity contribution in [1.29, 1.82) is 0 Å². The molecule has 0 aliphatic heterocycles. The lowest BCUT2D eigenvalue weighted by molar-refractivity contribution is -0.665. The highest BCUT2D eigenvalue weighted by Gasteiger charge is 2.67. The SMILES string of the molecule is CC(C)([N+](=O)[O-])C(C)(C(=O)O)[N+](=O)[O-]. The summed E-state index contributed by atoms with van der Waals surface area (Å²) in [5.41, 5.74) is -4.82. The number of carboxylic acid groups (broad SMARTS) is 1. The number of carbonyl (C=O) groups is 1. The maximum Gasteiger partial charge on any atom is 0.390 e. The quantitative estimate of drug-likeness (QED) is 0.516. The van der Waals surface area contributed by atoms with Crippen LogP contribution in [0.2, 0.25) is 0 Å². The van der Waals surface area contributed by atoms with Crippen LogP contribution in [0.25, 0.3) is 0 Å². The van der Waals surface area contributed by atoms with Crippen molar-refractivity contribution in [2.45, 2.75) is 31.8 Å². The van der Waals surface area contributed by atoms with Crippen LogP contribution in [0.1, 0.15) is 20.8 Å². The summed E-state index contributed by atoms with van der Waals surface area (Å²) >= 11 is 0. The summed E-state index contributed by atoms with van der Waals surface area (Å²) in [6.45, 7) is 2.53. The Hall–Kier alpha value is -1.73. The van der Waals surface area contributed by atoms with Crippen LogP contribution in [-0.4, -0.2) is 32.0 Å². The minimum absolute atomic E-state index is 0.720. The summed E-state index contributed by atoms with van der Waals surface area (Å²) in [6.07, 6.45) is 0. The summed E-state index contributed by atoms with van der Waals surface area (Å²) in [4.78, 5) is 29.6. The highest BCUT2D eigenvalue weighted by atomic mass is 16.7. The number of hydrogen-bond donors (Lipinski definition) is 1. The van der Waals surface area contributed by atoms with Gasteiger partial charge in [0.05, 0.1) is 0 Å². The largest absolute Gasteiger partial charge is 0.476 e. The van der Waals surface area contributed by atoms with Crippen molar-refractivity contribution >= 4 is 5.97 Å². The molecule has 0 heterocycles. The molecule has 0 aromatic carbocycles. The molecule has 14 heavy (non-hydrogen) atoms. The first-order valence-corrected chi connectivity index (χ1v) is 3.61. The lowest BCUT2D eigenvalue weighted by atomic mass is 9.82. The van der Waals surface area contributed by atoms with E-state index in [9.17, 15) is 25.0 Å². The number of nitro groups is 2. The van der Waals surface area contributed by atoms with Gasteiger partial charge in [0.2, 0.25) is 0 Å². The molecule has 1 atom stereocenters. The van der Waals surface area contributed by atoms with Crippen LogP contribution >= 0.6 is 0 Å². The zero-order chi connectivity index (χ0) is 11.7. The molecular weight excluding hydrogens is 196 g/mol. The van der Waals surface area contributed by atoms with E-state index in [1.807, 2.05) is 0 Å². The maximum absolute atomic E-state index is 10.7. The van der Waals surface area contributed by atoms with Gasteiger partial charge >= 0.3 is 11.5 Å². The number of hydrogen-bond acceptors (Lipinski definition) is 5. The van der Waals surface area contributed by atoms with Gasteiger partial charge in [-0.3, -0.25) is 20.2 Å². The standard InChI is InChI=1S/C6H10N2O6/c1-5(2,7(11)12)6(3,4(9)10)8(13)14/h1-3H3,(H,9,10). The molecule has 0 spiro atoms. The molecule has 1 N–H and O–H groups in total. The van der Waals surface area contributed by atoms with Crippen LogP contribution in [0.3, 0.4) is 0 Å². The van der Waals surface area contributed by atoms with Gasteiger partial charge in [-0.15, -0.1) is 0 Å². The highest BCUT2D eigenvalue weighted by Crippen LogP contribution is 2.28. The molecule has 0 bridgehead atoms. The fourth-order valence-electron chi connectivity index (χ4n) is 0.741. The van der Waals surface area contributed by atoms with E-state index in [-0.39, 0.29) is 0 Å². The maximum atomic E-state index is 10.7. The number of carboxylic acids is 1. The van der Waals surface area contributed by atoms with E-state index in [0.29, 0.717) is 0 Å². The van der Waals surface area contributed by atoms with Crippen molar-refractivity contribution in [1.82, 2.24) is 0 Å². The van der Waals surface area contributed by atoms with E-state index < -0.39 is 26.9 Å². The molecule has 0 aliphatic carbocycles. The molecule has 80 valence electrons. The van der Waals surface area contributed by atoms with Crippen LogP contribution < -0.4 is 0 Å². The fourth-order valence-corrected chi connectivity index (χ4v) is 0.741. The third kappa shape index (κ3) is 1.38. The molecule has 0 fully saturated rings. The van der Waals surface area contributed by atoms with Crippen molar-refractivity contribution in [3.05, 3.63) is 20.2 Å². The molecule has 0 saturated carbocycles. The second-order valence-corrected chi connectivity index (χ2v) is 3.45. The summed E-state index contributed by atoms with van der Waals surface area (Å²) in [5.74, 6) is -1.83. The topological polar surface area (TPSA) is 124 Å². The minimum atomic E-state index is -2.64. The molecule has 8 nitrogen and oxygen atoms in total. The molecule has 0 aliphatic rings. The third-order valence-corrected chi connectivity index (χ3v) is 2.43. The van der Waals surface area contributed by atoms with Crippen LogP contribution in [-0.2, 0) is 4.79 Å². The first-order chi connectivity index (χ1) is 6.08. The number of rotatable bonds is 4. The van der Waals surface area contributed by atoms with Crippen molar-refractivity contribution in [3.63, 3.8) is 0 Å². The Labute approximate surface area is 78.8 Å². The molecule has 0 amide bonds. The van der Waals surface area contributed by atoms with Crippen molar-refractivity contribution < 1.29 is 19.7 Å². The molecule has 0 aromatic heterocycles. The summed E-state index contributed by atoms with van der Waals surface area (Å²) in [6, 6.07) is 0. The van der Waals surface area contributed by atoms with Gasteiger partial charge in [-0.2, -0.15) is 0 Å². The van der Waals surface area contributed by atoms with Crippen molar-refractivity contribution in [2.24, 2.45) is 0 Å². The second-order valence-electron chi connectivity index (χ2n) is 3.45. The molecule has 0 aromatic rings. The zero-order valence-electron chi connectivity index (χ0n) is 7.88. The molecule has 0 radical (unpaired) electrons. The van der Waals surface area contributed by atoms with E-state index in [2.05, 4.69) is 0 Å². The summed E-state index contributed by atoms with van der Waals surface area (Å²) in [7, 11) is 0. The van der Waals surface area contributed by atoms with Gasteiger partial charge in [-0.05, 0) is 0 Å². The van der Waals surface area contributed by atoms with Gasteiger partial charge in [0.1, 0.15) is 0 Å². The molecule has 8 heteroatoms. The highest BCUT2D eigenvalue weighted by molar-refractivity contribution is 5.78. The first-order valence-electron chi connectivity index (χ1n) is 3.61. The van der Waals surface area contributed by atoms with Gasteiger partial charge in [0, 0.05) is 30.6 Å². The smallest absolute Gasteiger partial charge is 0.390 e. The van der Waals surface area contributed by atoms with E-state index in [1.165, 1.54) is 0 Å². The molecular formula is C6H10N2O6. The number of aliphatic carboxylic acids is 1. The zero-order valence-corrected chi connectivity index (χ0v) is 7.88. The third-order valence-electron chi connectivity index (χ3n) is 2.43. The van der Waals surface area contributed by atoms with Gasteiger partial charge < -0.3 is 5.11 Å². The molecule has 0 saturated heterocycles. The Bertz CT molecular complexity index is 283. The first kappa shape index (κ1) is 12.3. The normalized spacial score (nSPS) is 15.6. The summed E-state index contributed by atoms with van der Waals surface area (Å²) < 4.78 is 0. The Morgan fingerprint density at radius 2 is 1.50 bits per heavy atom. The van der Waals surface area contributed by atoms with Crippen molar-refractivity contribution in [3.8, 4) is 0 Å². The second kappa shape index (κ2) is 3.20. The van der Waals surface area contributed by atoms with E-state index in [1.54, 1.807) is 0 Å². The fraction of sp³-hybridized carbons (Fsp3) is 0.833. The van der Waals surface area contributed by atoms with Crippen LogP contribution in [0.4, 0.5) is 0 Å². The predicted octanol–water partition coefficient (Wildman–Crippen LogP) is 0.162. The van der Waals surface area contributed by atoms with Gasteiger partial charge in [0.25, 0.3) is 5.54 Å². The van der Waals surface area contributed by atoms with Crippen LogP contribution in [0, 0.1) is 20.2 Å². The Balaban J connectivity index is 5.55. The minimum Gasteiger partial charge on any atom is -0.476 e. The predicted molar refractivity (Wildman–Crippen MR) is 44.1 cm³/mol. The average Bonchev–Trinajstić information content (AvgIpc) is 2.01.